The molecule has 6 rings (SSSR count). The summed E-state index contributed by atoms with van der Waals surface area (Å²) in [6, 6.07) is 20.5. The number of hydrogen-bond donors (Lipinski definition) is 0. The van der Waals surface area contributed by atoms with Gasteiger partial charge in [-0.05, 0) is 77.8 Å². The van der Waals surface area contributed by atoms with Gasteiger partial charge in [-0.3, -0.25) is 4.98 Å². The molecule has 3 aromatic carbocycles. The number of furan rings is 1. The number of pyridine rings is 2. The van der Waals surface area contributed by atoms with Crippen LogP contribution in [0.4, 0.5) is 0 Å². The largest absolute Gasteiger partial charge is 0.437 e. The molecule has 3 nitrogen and oxygen atoms in total. The molecule has 0 aliphatic heterocycles. The molecule has 3 heterocycles. The second-order valence-corrected chi connectivity index (χ2v) is 7.66. The zero-order valence-corrected chi connectivity index (χ0v) is 16.8. The van der Waals surface area contributed by atoms with Crippen LogP contribution in [0.5, 0.6) is 0 Å². The Bertz CT molecular complexity index is 1970. The fraction of sp³-hybridized carbons (Fsp3) is 0.103. The quantitative estimate of drug-likeness (QED) is 0.285. The average Bonchev–Trinajstić information content (AvgIpc) is 3.29. The Morgan fingerprint density at radius 1 is 0.750 bits per heavy atom. The van der Waals surface area contributed by atoms with Gasteiger partial charge in [0.2, 0.25) is 5.71 Å². The van der Waals surface area contributed by atoms with E-state index in [1.165, 1.54) is 18.3 Å². The summed E-state index contributed by atoms with van der Waals surface area (Å²) in [5.41, 5.74) is 1.81. The van der Waals surface area contributed by atoms with E-state index in [4.69, 9.17) is 16.8 Å². The Balaban J connectivity index is 1.66. The number of rotatable bonds is 2. The summed E-state index contributed by atoms with van der Waals surface area (Å²) >= 11 is 0. The molecule has 0 N–H and O–H groups in total. The maximum Gasteiger partial charge on any atom is 0.227 e. The minimum absolute atomic E-state index is 0.0298. The smallest absolute Gasteiger partial charge is 0.227 e. The molecule has 32 heavy (non-hydrogen) atoms. The number of aromatic nitrogens is 2. The minimum atomic E-state index is -2.58. The first-order valence-electron chi connectivity index (χ1n) is 14.6. The van der Waals surface area contributed by atoms with E-state index in [0.717, 1.165) is 5.39 Å². The third-order valence-corrected chi connectivity index (χ3v) is 5.74. The van der Waals surface area contributed by atoms with Crippen molar-refractivity contribution < 1.29 is 16.8 Å². The Labute approximate surface area is 199 Å². The van der Waals surface area contributed by atoms with Crippen molar-refractivity contribution in [1.29, 1.82) is 0 Å². The zero-order chi connectivity index (χ0) is 29.3. The molecule has 3 aromatic heterocycles. The van der Waals surface area contributed by atoms with Gasteiger partial charge in [0.05, 0.1) is 5.69 Å². The normalized spacial score (nSPS) is 16.9. The number of para-hydroxylation sites is 1. The molecule has 3 heteroatoms. The summed E-state index contributed by atoms with van der Waals surface area (Å²) in [7, 11) is 0. The molecule has 0 saturated heterocycles. The van der Waals surface area contributed by atoms with E-state index < -0.39 is 20.6 Å². The lowest BCUT2D eigenvalue weighted by Crippen LogP contribution is -1.93. The molecule has 0 atom stereocenters. The van der Waals surface area contributed by atoms with Gasteiger partial charge in [-0.15, -0.1) is 0 Å². The van der Waals surface area contributed by atoms with E-state index in [9.17, 15) is 0 Å². The predicted molar refractivity (Wildman–Crippen MR) is 132 cm³/mol. The maximum atomic E-state index is 8.23. The van der Waals surface area contributed by atoms with Crippen molar-refractivity contribution in [2.75, 3.05) is 0 Å². The first kappa shape index (κ1) is 11.6. The lowest BCUT2D eigenvalue weighted by Gasteiger charge is -2.14. The molecule has 0 radical (unpaired) electrons. The number of fused-ring (bicyclic) bond motifs is 4. The Kier molecular flexibility index (Phi) is 2.54. The van der Waals surface area contributed by atoms with Crippen LogP contribution in [0, 0.1) is 20.6 Å². The van der Waals surface area contributed by atoms with Crippen molar-refractivity contribution in [3.8, 4) is 22.4 Å². The molecule has 0 aliphatic carbocycles. The zero-order valence-electron chi connectivity index (χ0n) is 25.8. The molecule has 0 unspecified atom stereocenters. The van der Waals surface area contributed by atoms with E-state index in [0.29, 0.717) is 38.6 Å². The first-order chi connectivity index (χ1) is 19.2. The monoisotopic (exact) mass is 423 g/mol. The van der Waals surface area contributed by atoms with Crippen LogP contribution in [-0.4, -0.2) is 9.97 Å². The second-order valence-electron chi connectivity index (χ2n) is 7.66. The summed E-state index contributed by atoms with van der Waals surface area (Å²) in [4.78, 5) is 8.70. The third kappa shape index (κ3) is 2.82. The standard InChI is InChI=1S/C29H22N2O/c1-17-11-13-20-7-4-5-8-21(20)27(17)25-15-26(30-16-18(25)2)24-10-6-9-22-23-14-12-19(3)31-29(23)32-28(22)24/h4-16H,1-3H3/i1D3,2D3,3D3. The highest BCUT2D eigenvalue weighted by Gasteiger charge is 2.16. The minimum Gasteiger partial charge on any atom is -0.437 e. The fourth-order valence-electron chi connectivity index (χ4n) is 4.25. The van der Waals surface area contributed by atoms with E-state index in [1.54, 1.807) is 42.5 Å². The SMILES string of the molecule is [2H]C([2H])([2H])c1ccc2c(n1)oc1c(-c3cc(-c4c(C([2H])([2H])[2H])ccc5ccccc45)c(C([2H])([2H])[2H])cn3)cccc12. The van der Waals surface area contributed by atoms with Crippen molar-refractivity contribution in [2.45, 2.75) is 20.6 Å². The van der Waals surface area contributed by atoms with Crippen molar-refractivity contribution in [1.82, 2.24) is 9.97 Å². The molecule has 0 bridgehead atoms. The van der Waals surface area contributed by atoms with Crippen LogP contribution in [0.15, 0.2) is 83.4 Å². The maximum absolute atomic E-state index is 8.23. The summed E-state index contributed by atoms with van der Waals surface area (Å²) in [6.07, 6.45) is 1.26. The summed E-state index contributed by atoms with van der Waals surface area (Å²) in [5.74, 6) is 0. The molecule has 0 saturated carbocycles. The average molecular weight is 424 g/mol. The van der Waals surface area contributed by atoms with Gasteiger partial charge in [0.25, 0.3) is 0 Å². The van der Waals surface area contributed by atoms with Gasteiger partial charge in [0, 0.05) is 40.6 Å². The van der Waals surface area contributed by atoms with Crippen LogP contribution in [0.3, 0.4) is 0 Å². The Morgan fingerprint density at radius 2 is 1.66 bits per heavy atom. The van der Waals surface area contributed by atoms with Crippen LogP contribution in [0.1, 0.15) is 29.2 Å². The van der Waals surface area contributed by atoms with Crippen LogP contribution >= 0.6 is 0 Å². The van der Waals surface area contributed by atoms with Gasteiger partial charge in [-0.2, -0.15) is 0 Å². The van der Waals surface area contributed by atoms with Crippen molar-refractivity contribution in [3.05, 3.63) is 95.8 Å². The summed E-state index contributed by atoms with van der Waals surface area (Å²) < 4.78 is 78.5. The molecule has 6 aromatic rings. The van der Waals surface area contributed by atoms with Gasteiger partial charge in [-0.25, -0.2) is 4.98 Å². The molecule has 0 amide bonds. The topological polar surface area (TPSA) is 38.9 Å². The lowest BCUT2D eigenvalue weighted by molar-refractivity contribution is 0.653. The Hall–Kier alpha value is -3.98. The van der Waals surface area contributed by atoms with Gasteiger partial charge in [0.15, 0.2) is 0 Å². The highest BCUT2D eigenvalue weighted by atomic mass is 16.3. The third-order valence-electron chi connectivity index (χ3n) is 5.74. The van der Waals surface area contributed by atoms with E-state index in [1.807, 2.05) is 18.2 Å². The fourth-order valence-corrected chi connectivity index (χ4v) is 4.25. The van der Waals surface area contributed by atoms with E-state index in [-0.39, 0.29) is 28.1 Å². The van der Waals surface area contributed by atoms with Crippen molar-refractivity contribution >= 4 is 32.8 Å². The lowest BCUT2D eigenvalue weighted by atomic mass is 9.91. The van der Waals surface area contributed by atoms with Gasteiger partial charge >= 0.3 is 0 Å². The van der Waals surface area contributed by atoms with Crippen LogP contribution < -0.4 is 0 Å². The molecular formula is C29H22N2O. The van der Waals surface area contributed by atoms with E-state index in [2.05, 4.69) is 9.97 Å². The predicted octanol–water partition coefficient (Wildman–Crippen LogP) is 7.79. The van der Waals surface area contributed by atoms with E-state index >= 15 is 0 Å². The van der Waals surface area contributed by atoms with Gasteiger partial charge < -0.3 is 4.42 Å². The number of hydrogen-bond acceptors (Lipinski definition) is 3. The Morgan fingerprint density at radius 3 is 2.56 bits per heavy atom. The second kappa shape index (κ2) is 7.03. The van der Waals surface area contributed by atoms with Crippen LogP contribution in [0.2, 0.25) is 0 Å². The highest BCUT2D eigenvalue weighted by molar-refractivity contribution is 6.08. The van der Waals surface area contributed by atoms with Gasteiger partial charge in [-0.1, -0.05) is 48.5 Å². The number of aryl methyl sites for hydroxylation is 3. The summed E-state index contributed by atoms with van der Waals surface area (Å²) in [5, 5.41) is 2.67. The summed E-state index contributed by atoms with van der Waals surface area (Å²) in [6.45, 7) is -7.50. The molecule has 0 spiro atoms. The first-order valence-corrected chi connectivity index (χ1v) is 10.1. The molecule has 0 fully saturated rings. The molecule has 0 aliphatic rings. The molecular weight excluding hydrogens is 392 g/mol. The molecule has 154 valence electrons. The van der Waals surface area contributed by atoms with Crippen molar-refractivity contribution in [3.63, 3.8) is 0 Å². The highest BCUT2D eigenvalue weighted by Crippen LogP contribution is 2.38. The number of nitrogens with zero attached hydrogens (tertiary/aromatic N) is 2. The van der Waals surface area contributed by atoms with Crippen molar-refractivity contribution in [2.24, 2.45) is 0 Å². The van der Waals surface area contributed by atoms with Gasteiger partial charge in [0.1, 0.15) is 5.58 Å². The van der Waals surface area contributed by atoms with Crippen LogP contribution in [-0.2, 0) is 0 Å². The number of benzene rings is 3. The van der Waals surface area contributed by atoms with Crippen LogP contribution in [0.25, 0.3) is 55.2 Å².